The van der Waals surface area contributed by atoms with Crippen LogP contribution >= 0.6 is 12.4 Å². The number of benzene rings is 1. The van der Waals surface area contributed by atoms with Gasteiger partial charge in [-0.05, 0) is 49.8 Å². The Bertz CT molecular complexity index is 461. The number of carbonyl (C=O) groups excluding carboxylic acids is 1. The molecule has 112 valence electrons. The molecule has 20 heavy (non-hydrogen) atoms. The molecular formula is C15H23ClN2O2. The van der Waals surface area contributed by atoms with Crippen molar-refractivity contribution >= 4 is 18.3 Å². The average Bonchev–Trinajstić information content (AvgIpc) is 3.21. The maximum Gasteiger partial charge on any atom is 0.257 e. The van der Waals surface area contributed by atoms with Gasteiger partial charge < -0.3 is 15.8 Å². The molecular weight excluding hydrogens is 276 g/mol. The van der Waals surface area contributed by atoms with E-state index < -0.39 is 0 Å². The minimum Gasteiger partial charge on any atom is -0.483 e. The van der Waals surface area contributed by atoms with Crippen molar-refractivity contribution in [3.8, 4) is 5.75 Å². The second kappa shape index (κ2) is 7.50. The first-order chi connectivity index (χ1) is 9.06. The molecule has 2 rings (SSSR count). The van der Waals surface area contributed by atoms with Gasteiger partial charge >= 0.3 is 0 Å². The number of nitrogens with one attached hydrogen (secondary N) is 1. The molecule has 0 saturated heterocycles. The van der Waals surface area contributed by atoms with Gasteiger partial charge in [-0.1, -0.05) is 12.1 Å². The molecule has 5 heteroatoms. The van der Waals surface area contributed by atoms with Crippen LogP contribution in [0.5, 0.6) is 5.75 Å². The third-order valence-electron chi connectivity index (χ3n) is 3.46. The zero-order valence-electron chi connectivity index (χ0n) is 12.0. The molecule has 0 aromatic heterocycles. The number of carbonyl (C=O) groups is 1. The molecule has 1 unspecified atom stereocenters. The van der Waals surface area contributed by atoms with Crippen molar-refractivity contribution in [3.05, 3.63) is 29.3 Å². The Hall–Kier alpha value is -1.26. The third-order valence-corrected chi connectivity index (χ3v) is 3.46. The number of rotatable bonds is 6. The summed E-state index contributed by atoms with van der Waals surface area (Å²) in [5, 5.41) is 2.82. The van der Waals surface area contributed by atoms with Gasteiger partial charge in [0.05, 0.1) is 0 Å². The van der Waals surface area contributed by atoms with Crippen LogP contribution in [0.2, 0.25) is 0 Å². The summed E-state index contributed by atoms with van der Waals surface area (Å²) in [5.74, 6) is 1.25. The monoisotopic (exact) mass is 298 g/mol. The van der Waals surface area contributed by atoms with E-state index >= 15 is 0 Å². The van der Waals surface area contributed by atoms with Crippen LogP contribution in [-0.4, -0.2) is 25.1 Å². The summed E-state index contributed by atoms with van der Waals surface area (Å²) in [6.07, 6.45) is 2.38. The van der Waals surface area contributed by atoms with E-state index in [0.717, 1.165) is 16.9 Å². The van der Waals surface area contributed by atoms with Gasteiger partial charge in [0.2, 0.25) is 0 Å². The van der Waals surface area contributed by atoms with Crippen molar-refractivity contribution < 1.29 is 9.53 Å². The van der Waals surface area contributed by atoms with Crippen LogP contribution in [0.1, 0.15) is 24.0 Å². The van der Waals surface area contributed by atoms with Gasteiger partial charge in [-0.15, -0.1) is 12.4 Å². The van der Waals surface area contributed by atoms with E-state index in [1.807, 2.05) is 32.0 Å². The van der Waals surface area contributed by atoms with Gasteiger partial charge in [-0.3, -0.25) is 4.79 Å². The Balaban J connectivity index is 0.00000200. The second-order valence-corrected chi connectivity index (χ2v) is 5.36. The molecule has 0 spiro atoms. The molecule has 1 aliphatic rings. The summed E-state index contributed by atoms with van der Waals surface area (Å²) >= 11 is 0. The maximum atomic E-state index is 11.7. The van der Waals surface area contributed by atoms with E-state index in [-0.39, 0.29) is 31.0 Å². The van der Waals surface area contributed by atoms with Crippen molar-refractivity contribution in [2.45, 2.75) is 32.7 Å². The van der Waals surface area contributed by atoms with Crippen molar-refractivity contribution in [1.82, 2.24) is 5.32 Å². The number of hydrogen-bond donors (Lipinski definition) is 2. The fourth-order valence-corrected chi connectivity index (χ4v) is 1.98. The zero-order chi connectivity index (χ0) is 13.8. The first-order valence-electron chi connectivity index (χ1n) is 6.78. The number of ether oxygens (including phenoxy) is 1. The highest BCUT2D eigenvalue weighted by atomic mass is 35.5. The second-order valence-electron chi connectivity index (χ2n) is 5.36. The van der Waals surface area contributed by atoms with Gasteiger partial charge in [0.1, 0.15) is 5.75 Å². The Morgan fingerprint density at radius 3 is 2.80 bits per heavy atom. The van der Waals surface area contributed by atoms with Gasteiger partial charge in [-0.2, -0.15) is 0 Å². The van der Waals surface area contributed by atoms with Gasteiger partial charge in [0.15, 0.2) is 6.61 Å². The van der Waals surface area contributed by atoms with Crippen molar-refractivity contribution in [2.75, 3.05) is 13.2 Å². The molecule has 1 fully saturated rings. The topological polar surface area (TPSA) is 64.3 Å². The van der Waals surface area contributed by atoms with E-state index in [0.29, 0.717) is 12.5 Å². The minimum atomic E-state index is -0.114. The fraction of sp³-hybridized carbons (Fsp3) is 0.533. The normalized spacial score (nSPS) is 15.2. The van der Waals surface area contributed by atoms with E-state index in [4.69, 9.17) is 10.5 Å². The average molecular weight is 299 g/mol. The molecule has 0 heterocycles. The SMILES string of the molecule is Cc1ccc(C)c(OCC(=O)NCC(N)C2CC2)c1.Cl. The smallest absolute Gasteiger partial charge is 0.257 e. The Morgan fingerprint density at radius 1 is 1.45 bits per heavy atom. The summed E-state index contributed by atoms with van der Waals surface area (Å²) in [4.78, 5) is 11.7. The zero-order valence-corrected chi connectivity index (χ0v) is 12.8. The molecule has 1 aromatic rings. The highest BCUT2D eigenvalue weighted by molar-refractivity contribution is 5.85. The molecule has 0 radical (unpaired) electrons. The highest BCUT2D eigenvalue weighted by Crippen LogP contribution is 2.31. The number of nitrogens with two attached hydrogens (primary N) is 1. The van der Waals surface area contributed by atoms with Crippen LogP contribution < -0.4 is 15.8 Å². The first kappa shape index (κ1) is 16.8. The van der Waals surface area contributed by atoms with Crippen LogP contribution in [0.15, 0.2) is 18.2 Å². The molecule has 0 bridgehead atoms. The molecule has 4 nitrogen and oxygen atoms in total. The number of aryl methyl sites for hydroxylation is 2. The van der Waals surface area contributed by atoms with Crippen molar-refractivity contribution in [3.63, 3.8) is 0 Å². The number of amides is 1. The van der Waals surface area contributed by atoms with Crippen molar-refractivity contribution in [2.24, 2.45) is 11.7 Å². The molecule has 1 atom stereocenters. The molecule has 3 N–H and O–H groups in total. The first-order valence-corrected chi connectivity index (χ1v) is 6.78. The van der Waals surface area contributed by atoms with E-state index in [1.165, 1.54) is 12.8 Å². The predicted molar refractivity (Wildman–Crippen MR) is 82.4 cm³/mol. The number of hydrogen-bond acceptors (Lipinski definition) is 3. The van der Waals surface area contributed by atoms with E-state index in [2.05, 4.69) is 5.32 Å². The Morgan fingerprint density at radius 2 is 2.15 bits per heavy atom. The third kappa shape index (κ3) is 5.02. The lowest BCUT2D eigenvalue weighted by atomic mass is 10.1. The highest BCUT2D eigenvalue weighted by Gasteiger charge is 2.28. The predicted octanol–water partition coefficient (Wildman–Crippen LogP) is 1.96. The lowest BCUT2D eigenvalue weighted by Crippen LogP contribution is -2.40. The number of halogens is 1. The molecule has 0 aliphatic heterocycles. The van der Waals surface area contributed by atoms with Crippen LogP contribution in [0.4, 0.5) is 0 Å². The van der Waals surface area contributed by atoms with Crippen LogP contribution in [0, 0.1) is 19.8 Å². The summed E-state index contributed by atoms with van der Waals surface area (Å²) in [6.45, 7) is 4.55. The summed E-state index contributed by atoms with van der Waals surface area (Å²) in [5.41, 5.74) is 8.08. The van der Waals surface area contributed by atoms with Crippen molar-refractivity contribution in [1.29, 1.82) is 0 Å². The van der Waals surface area contributed by atoms with Gasteiger partial charge in [0.25, 0.3) is 5.91 Å². The lowest BCUT2D eigenvalue weighted by molar-refractivity contribution is -0.123. The van der Waals surface area contributed by atoms with Gasteiger partial charge in [0, 0.05) is 12.6 Å². The summed E-state index contributed by atoms with van der Waals surface area (Å²) in [7, 11) is 0. The maximum absolute atomic E-state index is 11.7. The molecule has 1 aliphatic carbocycles. The quantitative estimate of drug-likeness (QED) is 0.844. The summed E-state index contributed by atoms with van der Waals surface area (Å²) in [6, 6.07) is 6.05. The van der Waals surface area contributed by atoms with E-state index in [1.54, 1.807) is 0 Å². The molecule has 1 saturated carbocycles. The molecule has 1 aromatic carbocycles. The minimum absolute atomic E-state index is 0. The van der Waals surface area contributed by atoms with E-state index in [9.17, 15) is 4.79 Å². The largest absolute Gasteiger partial charge is 0.483 e. The molecule has 1 amide bonds. The lowest BCUT2D eigenvalue weighted by Gasteiger charge is -2.13. The van der Waals surface area contributed by atoms with Crippen LogP contribution in [-0.2, 0) is 4.79 Å². The van der Waals surface area contributed by atoms with Crippen LogP contribution in [0.3, 0.4) is 0 Å². The Kier molecular flexibility index (Phi) is 6.30. The van der Waals surface area contributed by atoms with Gasteiger partial charge in [-0.25, -0.2) is 0 Å². The summed E-state index contributed by atoms with van der Waals surface area (Å²) < 4.78 is 5.53. The van der Waals surface area contributed by atoms with Crippen LogP contribution in [0.25, 0.3) is 0 Å². The Labute approximate surface area is 126 Å². The fourth-order valence-electron chi connectivity index (χ4n) is 1.98. The standard InChI is InChI=1S/C15H22N2O2.ClH/c1-10-3-4-11(2)14(7-10)19-9-15(18)17-8-13(16)12-5-6-12;/h3-4,7,12-13H,5-6,8-9,16H2,1-2H3,(H,17,18);1H.